The Morgan fingerprint density at radius 1 is 1.17 bits per heavy atom. The number of benzene rings is 2. The van der Waals surface area contributed by atoms with E-state index in [9.17, 15) is 4.79 Å². The highest BCUT2D eigenvalue weighted by molar-refractivity contribution is 7.99. The topological polar surface area (TPSA) is 59.8 Å². The van der Waals surface area contributed by atoms with Crippen molar-refractivity contribution in [2.45, 2.75) is 29.3 Å². The van der Waals surface area contributed by atoms with Crippen molar-refractivity contribution in [1.82, 2.24) is 14.8 Å². The third-order valence-electron chi connectivity index (χ3n) is 3.97. The Kier molecular flexibility index (Phi) is 7.80. The standard InChI is InChI=1S/C21H21ClN4OS2/c1-3-12-26-19(13-28-16-10-8-15(2)9-11-16)24-25-21(26)29-14-20(27)23-18-7-5-4-6-17(18)22/h3-11H,1,12-14H2,2H3,(H,23,27). The van der Waals surface area contributed by atoms with Crippen molar-refractivity contribution in [2.24, 2.45) is 0 Å². The Balaban J connectivity index is 1.61. The number of carbonyl (C=O) groups excluding carboxylic acids is 1. The molecule has 0 saturated heterocycles. The van der Waals surface area contributed by atoms with E-state index in [1.807, 2.05) is 16.7 Å². The van der Waals surface area contributed by atoms with Gasteiger partial charge in [0.15, 0.2) is 5.16 Å². The number of nitrogens with one attached hydrogen (secondary N) is 1. The van der Waals surface area contributed by atoms with Crippen LogP contribution in [-0.4, -0.2) is 26.4 Å². The molecule has 0 spiro atoms. The van der Waals surface area contributed by atoms with E-state index in [0.717, 1.165) is 5.82 Å². The average molecular weight is 445 g/mol. The first-order valence-electron chi connectivity index (χ1n) is 8.96. The fraction of sp³-hybridized carbons (Fsp3) is 0.190. The van der Waals surface area contributed by atoms with Gasteiger partial charge in [-0.05, 0) is 31.2 Å². The summed E-state index contributed by atoms with van der Waals surface area (Å²) < 4.78 is 1.99. The molecular formula is C21H21ClN4OS2. The molecule has 1 N–H and O–H groups in total. The number of thioether (sulfide) groups is 2. The minimum Gasteiger partial charge on any atom is -0.324 e. The van der Waals surface area contributed by atoms with Crippen LogP contribution >= 0.6 is 35.1 Å². The molecule has 0 bridgehead atoms. The zero-order valence-corrected chi connectivity index (χ0v) is 18.4. The van der Waals surface area contributed by atoms with Crippen molar-refractivity contribution in [3.05, 3.63) is 77.6 Å². The van der Waals surface area contributed by atoms with Crippen LogP contribution in [0, 0.1) is 6.92 Å². The van der Waals surface area contributed by atoms with Crippen molar-refractivity contribution >= 4 is 46.7 Å². The van der Waals surface area contributed by atoms with Gasteiger partial charge >= 0.3 is 0 Å². The molecule has 0 atom stereocenters. The number of halogens is 1. The molecule has 1 heterocycles. The fourth-order valence-corrected chi connectivity index (χ4v) is 4.29. The summed E-state index contributed by atoms with van der Waals surface area (Å²) in [6.45, 7) is 6.48. The zero-order chi connectivity index (χ0) is 20.6. The smallest absolute Gasteiger partial charge is 0.234 e. The predicted molar refractivity (Wildman–Crippen MR) is 122 cm³/mol. The van der Waals surface area contributed by atoms with Gasteiger partial charge in [-0.1, -0.05) is 59.3 Å². The Hall–Kier alpha value is -2.22. The summed E-state index contributed by atoms with van der Waals surface area (Å²) in [7, 11) is 0. The molecule has 1 amide bonds. The molecule has 0 aliphatic rings. The van der Waals surface area contributed by atoms with Crippen LogP contribution in [0.25, 0.3) is 0 Å². The van der Waals surface area contributed by atoms with Gasteiger partial charge < -0.3 is 9.88 Å². The highest BCUT2D eigenvalue weighted by atomic mass is 35.5. The molecule has 8 heteroatoms. The third-order valence-corrected chi connectivity index (χ3v) is 6.28. The van der Waals surface area contributed by atoms with E-state index in [1.54, 1.807) is 30.0 Å². The highest BCUT2D eigenvalue weighted by Gasteiger charge is 2.14. The lowest BCUT2D eigenvalue weighted by Gasteiger charge is -2.09. The van der Waals surface area contributed by atoms with Gasteiger partial charge in [0, 0.05) is 11.4 Å². The van der Waals surface area contributed by atoms with Crippen LogP contribution in [-0.2, 0) is 17.1 Å². The summed E-state index contributed by atoms with van der Waals surface area (Å²) in [5.41, 5.74) is 1.83. The van der Waals surface area contributed by atoms with Crippen LogP contribution in [0.3, 0.4) is 0 Å². The van der Waals surface area contributed by atoms with Crippen molar-refractivity contribution < 1.29 is 4.79 Å². The largest absolute Gasteiger partial charge is 0.324 e. The van der Waals surface area contributed by atoms with Crippen molar-refractivity contribution in [3.8, 4) is 0 Å². The van der Waals surface area contributed by atoms with E-state index < -0.39 is 0 Å². The van der Waals surface area contributed by atoms with E-state index >= 15 is 0 Å². The molecule has 2 aromatic carbocycles. The minimum absolute atomic E-state index is 0.146. The lowest BCUT2D eigenvalue weighted by Crippen LogP contribution is -2.15. The van der Waals surface area contributed by atoms with Crippen LogP contribution in [0.5, 0.6) is 0 Å². The first kappa shape index (κ1) is 21.5. The minimum atomic E-state index is -0.146. The number of hydrogen-bond acceptors (Lipinski definition) is 5. The molecule has 0 aliphatic heterocycles. The van der Waals surface area contributed by atoms with Gasteiger partial charge in [-0.2, -0.15) is 0 Å². The summed E-state index contributed by atoms with van der Waals surface area (Å²) in [5, 5.41) is 12.6. The second kappa shape index (κ2) is 10.5. The van der Waals surface area contributed by atoms with Gasteiger partial charge in [-0.3, -0.25) is 4.79 Å². The fourth-order valence-electron chi connectivity index (χ4n) is 2.51. The van der Waals surface area contributed by atoms with Crippen LogP contribution in [0.2, 0.25) is 5.02 Å². The van der Waals surface area contributed by atoms with Gasteiger partial charge in [0.25, 0.3) is 0 Å². The molecule has 29 heavy (non-hydrogen) atoms. The number of nitrogens with zero attached hydrogens (tertiary/aromatic N) is 3. The van der Waals surface area contributed by atoms with Crippen molar-refractivity contribution in [1.29, 1.82) is 0 Å². The second-order valence-electron chi connectivity index (χ2n) is 6.22. The number of hydrogen-bond donors (Lipinski definition) is 1. The SMILES string of the molecule is C=CCn1c(CSc2ccc(C)cc2)nnc1SCC(=O)Nc1ccccc1Cl. The lowest BCUT2D eigenvalue weighted by molar-refractivity contribution is -0.113. The summed E-state index contributed by atoms with van der Waals surface area (Å²) in [6.07, 6.45) is 1.80. The summed E-state index contributed by atoms with van der Waals surface area (Å²) in [4.78, 5) is 13.5. The van der Waals surface area contributed by atoms with E-state index in [0.29, 0.717) is 28.2 Å². The van der Waals surface area contributed by atoms with E-state index in [1.165, 1.54) is 22.2 Å². The summed E-state index contributed by atoms with van der Waals surface area (Å²) >= 11 is 9.13. The maximum absolute atomic E-state index is 12.3. The molecule has 0 aliphatic carbocycles. The first-order valence-corrected chi connectivity index (χ1v) is 11.3. The van der Waals surface area contributed by atoms with Gasteiger partial charge in [0.2, 0.25) is 5.91 Å². The van der Waals surface area contributed by atoms with Crippen molar-refractivity contribution in [2.75, 3.05) is 11.1 Å². The Bertz CT molecular complexity index is 989. The highest BCUT2D eigenvalue weighted by Crippen LogP contribution is 2.26. The molecule has 150 valence electrons. The molecule has 0 radical (unpaired) electrons. The number of para-hydroxylation sites is 1. The maximum atomic E-state index is 12.3. The van der Waals surface area contributed by atoms with Crippen LogP contribution in [0.1, 0.15) is 11.4 Å². The van der Waals surface area contributed by atoms with Crippen LogP contribution in [0.15, 0.2) is 71.2 Å². The molecule has 0 fully saturated rings. The number of aryl methyl sites for hydroxylation is 1. The second-order valence-corrected chi connectivity index (χ2v) is 8.61. The van der Waals surface area contributed by atoms with Gasteiger partial charge in [-0.25, -0.2) is 0 Å². The average Bonchev–Trinajstić information content (AvgIpc) is 3.10. The Morgan fingerprint density at radius 2 is 1.93 bits per heavy atom. The Labute approximate surface area is 183 Å². The normalized spacial score (nSPS) is 10.7. The monoisotopic (exact) mass is 444 g/mol. The molecule has 3 aromatic rings. The summed E-state index contributed by atoms with van der Waals surface area (Å²) in [6, 6.07) is 15.5. The molecular weight excluding hydrogens is 424 g/mol. The number of rotatable bonds is 9. The number of amides is 1. The van der Waals surface area contributed by atoms with E-state index in [4.69, 9.17) is 11.6 Å². The lowest BCUT2D eigenvalue weighted by atomic mass is 10.2. The zero-order valence-electron chi connectivity index (χ0n) is 16.0. The maximum Gasteiger partial charge on any atom is 0.234 e. The van der Waals surface area contributed by atoms with E-state index in [-0.39, 0.29) is 11.7 Å². The van der Waals surface area contributed by atoms with Crippen LogP contribution in [0.4, 0.5) is 5.69 Å². The molecule has 0 saturated carbocycles. The van der Waals surface area contributed by atoms with E-state index in [2.05, 4.69) is 53.3 Å². The first-order chi connectivity index (χ1) is 14.1. The van der Waals surface area contributed by atoms with Crippen LogP contribution < -0.4 is 5.32 Å². The van der Waals surface area contributed by atoms with Gasteiger partial charge in [0.1, 0.15) is 5.82 Å². The van der Waals surface area contributed by atoms with Gasteiger partial charge in [0.05, 0.1) is 22.2 Å². The number of carbonyl (C=O) groups is 1. The molecule has 3 rings (SSSR count). The quantitative estimate of drug-likeness (QED) is 0.351. The number of allylic oxidation sites excluding steroid dienone is 1. The van der Waals surface area contributed by atoms with Gasteiger partial charge in [-0.15, -0.1) is 28.5 Å². The molecule has 0 unspecified atom stereocenters. The molecule has 5 nitrogen and oxygen atoms in total. The molecule has 1 aromatic heterocycles. The number of anilines is 1. The summed E-state index contributed by atoms with van der Waals surface area (Å²) in [5.74, 6) is 1.61. The Morgan fingerprint density at radius 3 is 2.66 bits per heavy atom. The van der Waals surface area contributed by atoms with Crippen molar-refractivity contribution in [3.63, 3.8) is 0 Å². The number of aromatic nitrogens is 3. The third kappa shape index (κ3) is 6.13. The predicted octanol–water partition coefficient (Wildman–Crippen LogP) is 5.45.